The van der Waals surface area contributed by atoms with E-state index < -0.39 is 0 Å². The second-order valence-electron chi connectivity index (χ2n) is 2.83. The maximum Gasteiger partial charge on any atom is 0.409 e. The minimum atomic E-state index is -0.219. The Morgan fingerprint density at radius 2 is 2.15 bits per heavy atom. The number of hydrogen-bond donors (Lipinski definition) is 0. The molecule has 3 nitrogen and oxygen atoms in total. The Morgan fingerprint density at radius 1 is 1.54 bits per heavy atom. The second-order valence-corrected chi connectivity index (χ2v) is 3.74. The summed E-state index contributed by atoms with van der Waals surface area (Å²) in [6.07, 6.45) is 2.79. The van der Waals surface area contributed by atoms with Gasteiger partial charge in [-0.15, -0.1) is 0 Å². The van der Waals surface area contributed by atoms with E-state index in [0.717, 1.165) is 12.2 Å². The lowest BCUT2D eigenvalue weighted by Crippen LogP contribution is -2.38. The Bertz CT molecular complexity index is 153. The van der Waals surface area contributed by atoms with Crippen LogP contribution in [-0.4, -0.2) is 42.7 Å². The van der Waals surface area contributed by atoms with Gasteiger partial charge in [-0.1, -0.05) is 6.92 Å². The van der Waals surface area contributed by atoms with Crippen LogP contribution in [0.2, 0.25) is 0 Å². The van der Waals surface area contributed by atoms with Gasteiger partial charge in [0.25, 0.3) is 0 Å². The van der Waals surface area contributed by atoms with Gasteiger partial charge in [-0.25, -0.2) is 4.79 Å². The zero-order valence-electron chi connectivity index (χ0n) is 8.87. The van der Waals surface area contributed by atoms with Gasteiger partial charge in [0.2, 0.25) is 0 Å². The van der Waals surface area contributed by atoms with Gasteiger partial charge in [0.05, 0.1) is 6.61 Å². The van der Waals surface area contributed by atoms with Gasteiger partial charge in [0.1, 0.15) is 0 Å². The summed E-state index contributed by atoms with van der Waals surface area (Å²) in [4.78, 5) is 13.0. The average molecular weight is 205 g/mol. The largest absolute Gasteiger partial charge is 0.450 e. The quantitative estimate of drug-likeness (QED) is 0.689. The topological polar surface area (TPSA) is 29.5 Å². The molecule has 0 spiro atoms. The van der Waals surface area contributed by atoms with E-state index in [2.05, 4.69) is 6.92 Å². The van der Waals surface area contributed by atoms with E-state index in [1.165, 1.54) is 0 Å². The van der Waals surface area contributed by atoms with Crippen LogP contribution in [0.15, 0.2) is 0 Å². The van der Waals surface area contributed by atoms with Crippen molar-refractivity contribution in [3.05, 3.63) is 0 Å². The van der Waals surface area contributed by atoms with Crippen molar-refractivity contribution in [1.82, 2.24) is 4.90 Å². The van der Waals surface area contributed by atoms with Gasteiger partial charge in [0, 0.05) is 18.8 Å². The zero-order chi connectivity index (χ0) is 10.3. The van der Waals surface area contributed by atoms with E-state index in [9.17, 15) is 4.79 Å². The van der Waals surface area contributed by atoms with Crippen LogP contribution in [0, 0.1) is 0 Å². The summed E-state index contributed by atoms with van der Waals surface area (Å²) in [5.41, 5.74) is 0. The zero-order valence-corrected chi connectivity index (χ0v) is 9.69. The molecule has 78 valence electrons. The van der Waals surface area contributed by atoms with Crippen LogP contribution in [0.3, 0.4) is 0 Å². The van der Waals surface area contributed by atoms with E-state index in [4.69, 9.17) is 4.74 Å². The highest BCUT2D eigenvalue weighted by atomic mass is 32.2. The van der Waals surface area contributed by atoms with Gasteiger partial charge in [-0.3, -0.25) is 0 Å². The summed E-state index contributed by atoms with van der Waals surface area (Å²) in [5, 5.41) is 0. The summed E-state index contributed by atoms with van der Waals surface area (Å²) in [6, 6.07) is 0.286. The first-order valence-corrected chi connectivity index (χ1v) is 5.95. The monoisotopic (exact) mass is 205 g/mol. The molecule has 0 saturated heterocycles. The maximum absolute atomic E-state index is 11.3. The van der Waals surface area contributed by atoms with Crippen molar-refractivity contribution < 1.29 is 9.53 Å². The third-order valence-corrected chi connectivity index (χ3v) is 2.65. The van der Waals surface area contributed by atoms with Crippen LogP contribution in [0.1, 0.15) is 20.3 Å². The fraction of sp³-hybridized carbons (Fsp3) is 0.889. The van der Waals surface area contributed by atoms with Crippen molar-refractivity contribution in [3.8, 4) is 0 Å². The maximum atomic E-state index is 11.3. The van der Waals surface area contributed by atoms with Crippen LogP contribution < -0.4 is 0 Å². The number of nitrogens with zero attached hydrogens (tertiary/aromatic N) is 1. The Kier molecular flexibility index (Phi) is 6.86. The molecular weight excluding hydrogens is 186 g/mol. The van der Waals surface area contributed by atoms with Crippen LogP contribution in [0.25, 0.3) is 0 Å². The molecule has 0 aliphatic heterocycles. The molecule has 1 atom stereocenters. The fourth-order valence-electron chi connectivity index (χ4n) is 1.07. The Balaban J connectivity index is 4.02. The first-order valence-electron chi connectivity index (χ1n) is 4.55. The van der Waals surface area contributed by atoms with Crippen molar-refractivity contribution in [1.29, 1.82) is 0 Å². The Hall–Kier alpha value is -0.380. The molecule has 0 heterocycles. The first-order chi connectivity index (χ1) is 6.17. The van der Waals surface area contributed by atoms with Gasteiger partial charge in [-0.2, -0.15) is 11.8 Å². The minimum Gasteiger partial charge on any atom is -0.450 e. The number of carbonyl (C=O) groups excluding carboxylic acids is 1. The Labute approximate surface area is 84.8 Å². The molecule has 0 rings (SSSR count). The number of rotatable bonds is 5. The molecule has 1 amide bonds. The van der Waals surface area contributed by atoms with Gasteiger partial charge in [0.15, 0.2) is 0 Å². The van der Waals surface area contributed by atoms with Crippen molar-refractivity contribution in [3.63, 3.8) is 0 Å². The van der Waals surface area contributed by atoms with E-state index in [1.54, 1.807) is 23.7 Å². The molecule has 0 aliphatic rings. The van der Waals surface area contributed by atoms with Gasteiger partial charge >= 0.3 is 6.09 Å². The second kappa shape index (κ2) is 7.06. The number of hydrogen-bond acceptors (Lipinski definition) is 3. The molecule has 0 saturated carbocycles. The highest BCUT2D eigenvalue weighted by molar-refractivity contribution is 7.98. The Morgan fingerprint density at radius 3 is 2.54 bits per heavy atom. The smallest absolute Gasteiger partial charge is 0.409 e. The van der Waals surface area contributed by atoms with Gasteiger partial charge < -0.3 is 9.64 Å². The number of amides is 1. The van der Waals surface area contributed by atoms with Crippen LogP contribution in [-0.2, 0) is 4.74 Å². The third-order valence-electron chi connectivity index (χ3n) is 1.93. The number of thioether (sulfide) groups is 1. The summed E-state index contributed by atoms with van der Waals surface area (Å²) in [7, 11) is 1.79. The SMILES string of the molecule is CCOC(=O)N(C)C(CC)CSC. The highest BCUT2D eigenvalue weighted by Gasteiger charge is 2.18. The molecule has 0 aliphatic carbocycles. The van der Waals surface area contributed by atoms with Crippen molar-refractivity contribution in [2.75, 3.05) is 25.7 Å². The average Bonchev–Trinajstić information content (AvgIpc) is 2.13. The molecule has 1 unspecified atom stereocenters. The lowest BCUT2D eigenvalue weighted by molar-refractivity contribution is 0.104. The fourth-order valence-corrected chi connectivity index (χ4v) is 1.91. The molecule has 0 aromatic carbocycles. The summed E-state index contributed by atoms with van der Waals surface area (Å²) in [5.74, 6) is 0.964. The lowest BCUT2D eigenvalue weighted by Gasteiger charge is -2.25. The normalized spacial score (nSPS) is 12.3. The third kappa shape index (κ3) is 4.41. The van der Waals surface area contributed by atoms with Crippen LogP contribution >= 0.6 is 11.8 Å². The van der Waals surface area contributed by atoms with Crippen LogP contribution in [0.5, 0.6) is 0 Å². The molecule has 13 heavy (non-hydrogen) atoms. The molecule has 0 bridgehead atoms. The molecule has 0 aromatic rings. The van der Waals surface area contributed by atoms with Gasteiger partial charge in [-0.05, 0) is 19.6 Å². The molecule has 0 N–H and O–H groups in total. The summed E-state index contributed by atoms with van der Waals surface area (Å²) >= 11 is 1.75. The predicted molar refractivity (Wildman–Crippen MR) is 57.2 cm³/mol. The van der Waals surface area contributed by atoms with E-state index in [0.29, 0.717) is 6.61 Å². The molecule has 0 fully saturated rings. The highest BCUT2D eigenvalue weighted by Crippen LogP contribution is 2.09. The van der Waals surface area contributed by atoms with Crippen LogP contribution in [0.4, 0.5) is 4.79 Å². The summed E-state index contributed by atoms with van der Waals surface area (Å²) < 4.78 is 4.91. The molecule has 0 aromatic heterocycles. The van der Waals surface area contributed by atoms with Crippen molar-refractivity contribution in [2.45, 2.75) is 26.3 Å². The number of carbonyl (C=O) groups is 1. The summed E-state index contributed by atoms with van der Waals surface area (Å²) in [6.45, 7) is 4.34. The predicted octanol–water partition coefficient (Wildman–Crippen LogP) is 2.22. The van der Waals surface area contributed by atoms with Crippen molar-refractivity contribution >= 4 is 17.9 Å². The van der Waals surface area contributed by atoms with Crippen molar-refractivity contribution in [2.24, 2.45) is 0 Å². The lowest BCUT2D eigenvalue weighted by atomic mass is 10.2. The molecular formula is C9H19NO2S. The standard InChI is InChI=1S/C9H19NO2S/c1-5-8(7-13-4)10(3)9(11)12-6-2/h8H,5-7H2,1-4H3. The van der Waals surface area contributed by atoms with E-state index in [-0.39, 0.29) is 12.1 Å². The minimum absolute atomic E-state index is 0.219. The molecule has 4 heteroatoms. The first kappa shape index (κ1) is 12.6. The van der Waals surface area contributed by atoms with E-state index >= 15 is 0 Å². The molecule has 0 radical (unpaired) electrons. The number of ether oxygens (including phenoxy) is 1. The van der Waals surface area contributed by atoms with E-state index in [1.807, 2.05) is 13.2 Å².